The molecule has 4 atom stereocenters. The van der Waals surface area contributed by atoms with Gasteiger partial charge < -0.3 is 30.5 Å². The topological polar surface area (TPSA) is 127 Å². The van der Waals surface area contributed by atoms with Crippen LogP contribution in [0.15, 0.2) is 0 Å². The van der Waals surface area contributed by atoms with Crippen LogP contribution in [0.2, 0.25) is 0 Å². The molecular weight excluding hydrogens is 212 g/mol. The van der Waals surface area contributed by atoms with Crippen LogP contribution in [-0.2, 0) is 9.59 Å². The first-order valence-electron chi connectivity index (χ1n) is 4.31. The minimum atomic E-state index is -1.71. The van der Waals surface area contributed by atoms with Gasteiger partial charge in [-0.3, -0.25) is 4.79 Å². The van der Waals surface area contributed by atoms with Crippen LogP contribution in [0.3, 0.4) is 0 Å². The Morgan fingerprint density at radius 3 is 2.20 bits per heavy atom. The number of aliphatic hydroxyl groups excluding tert-OH is 4. The molecule has 7 heteroatoms. The van der Waals surface area contributed by atoms with Gasteiger partial charge in [-0.05, 0) is 0 Å². The predicted octanol–water partition coefficient (Wildman–Crippen LogP) is -3.23. The van der Waals surface area contributed by atoms with Crippen molar-refractivity contribution < 1.29 is 30.0 Å². The Hall–Kier alpha value is -1.02. The summed E-state index contributed by atoms with van der Waals surface area (Å²) in [7, 11) is 0. The van der Waals surface area contributed by atoms with Crippen LogP contribution >= 0.6 is 0 Å². The number of hydrogen-bond acceptors (Lipinski definition) is 6. The maximum absolute atomic E-state index is 10.6. The maximum Gasteiger partial charge on any atom is 0.217 e. The minimum absolute atomic E-state index is 0.235. The van der Waals surface area contributed by atoms with Gasteiger partial charge in [-0.15, -0.1) is 0 Å². The van der Waals surface area contributed by atoms with E-state index in [1.54, 1.807) is 0 Å². The average molecular weight is 227 g/mol. The van der Waals surface area contributed by atoms with Crippen LogP contribution in [0.5, 0.6) is 0 Å². The van der Waals surface area contributed by atoms with E-state index in [-0.39, 0.29) is 6.29 Å². The van der Waals surface area contributed by atoms with Gasteiger partial charge in [0.25, 0.3) is 0 Å². The van der Waals surface area contributed by atoms with Gasteiger partial charge in [-0.25, -0.2) is 0 Å². The molecule has 0 saturated carbocycles. The summed E-state index contributed by atoms with van der Waals surface area (Å²) in [5.41, 5.74) is 0. The van der Waals surface area contributed by atoms with Crippen molar-refractivity contribution in [2.24, 2.45) is 0 Å². The van der Waals surface area contributed by atoms with Gasteiger partial charge in [0.15, 0.2) is 0 Å². The second-order valence-corrected chi connectivity index (χ2v) is 3.09. The summed E-state index contributed by atoms with van der Waals surface area (Å²) in [6.07, 6.45) is -4.72. The highest BCUT2D eigenvalue weighted by Crippen LogP contribution is 2.03. The molecule has 0 unspecified atom stereocenters. The monoisotopic (exact) mass is 227 g/mol. The molecule has 0 aliphatic rings. The molecule has 0 aliphatic carbocycles. The third kappa shape index (κ3) is 4.34. The van der Waals surface area contributed by atoms with Crippen LogP contribution in [0.25, 0.3) is 0 Å². The number of amides is 1. The molecular formula is C8H15NO6. The Bertz CT molecular complexity index is 221. The Morgan fingerprint density at radius 2 is 1.87 bits per heavy atom. The largest absolute Gasteiger partial charge is 0.394 e. The smallest absolute Gasteiger partial charge is 0.217 e. The zero-order chi connectivity index (χ0) is 12.0. The molecule has 0 spiro atoms. The molecule has 0 bridgehead atoms. The summed E-state index contributed by atoms with van der Waals surface area (Å²) in [4.78, 5) is 21.1. The standard InChI is InChI=1S/C8H15NO6/c1-4(12)9-5(2-10)7(14)8(15)6(13)3-11/h2,5-8,11,13-15H,3H2,1H3,(H,9,12)/t5-,6+,7-,8-/m0/s1/i2+1,3+1,5+1,6+1,7+1,8+1. The molecule has 7 nitrogen and oxygen atoms in total. The van der Waals surface area contributed by atoms with E-state index in [0.717, 1.165) is 6.92 Å². The van der Waals surface area contributed by atoms with Crippen molar-refractivity contribution in [2.75, 3.05) is 6.61 Å². The van der Waals surface area contributed by atoms with Crippen molar-refractivity contribution in [2.45, 2.75) is 31.3 Å². The van der Waals surface area contributed by atoms with E-state index in [1.807, 2.05) is 0 Å². The molecule has 5 N–H and O–H groups in total. The average Bonchev–Trinajstić information content (AvgIpc) is 2.22. The van der Waals surface area contributed by atoms with Crippen molar-refractivity contribution >= 4 is 12.2 Å². The van der Waals surface area contributed by atoms with Crippen molar-refractivity contribution in [1.29, 1.82) is 0 Å². The molecule has 0 fully saturated rings. The number of aliphatic hydroxyl groups is 4. The lowest BCUT2D eigenvalue weighted by Gasteiger charge is -2.25. The Morgan fingerprint density at radius 1 is 1.33 bits per heavy atom. The van der Waals surface area contributed by atoms with Crippen molar-refractivity contribution in [1.82, 2.24) is 5.32 Å². The van der Waals surface area contributed by atoms with Gasteiger partial charge >= 0.3 is 0 Å². The van der Waals surface area contributed by atoms with Crippen LogP contribution in [0.4, 0.5) is 0 Å². The predicted molar refractivity (Wildman–Crippen MR) is 48.8 cm³/mol. The number of hydrogen-bond donors (Lipinski definition) is 5. The molecule has 0 aromatic rings. The number of carbonyl (C=O) groups is 2. The molecule has 15 heavy (non-hydrogen) atoms. The molecule has 0 heterocycles. The Balaban J connectivity index is 4.42. The minimum Gasteiger partial charge on any atom is -0.394 e. The first-order valence-corrected chi connectivity index (χ1v) is 4.31. The molecule has 88 valence electrons. The van der Waals surface area contributed by atoms with E-state index in [4.69, 9.17) is 10.2 Å². The molecule has 0 aliphatic heterocycles. The second-order valence-electron chi connectivity index (χ2n) is 3.09. The van der Waals surface area contributed by atoms with Gasteiger partial charge in [0.1, 0.15) is 30.6 Å². The van der Waals surface area contributed by atoms with E-state index in [9.17, 15) is 19.8 Å². The molecule has 0 aromatic heterocycles. The molecule has 0 saturated heterocycles. The van der Waals surface area contributed by atoms with E-state index < -0.39 is 36.9 Å². The second kappa shape index (κ2) is 6.46. The number of aldehydes is 1. The molecule has 1 amide bonds. The van der Waals surface area contributed by atoms with Crippen molar-refractivity contribution in [3.8, 4) is 0 Å². The quantitative estimate of drug-likeness (QED) is 0.240. The molecule has 0 rings (SSSR count). The van der Waals surface area contributed by atoms with Gasteiger partial charge in [0.2, 0.25) is 5.91 Å². The van der Waals surface area contributed by atoms with Crippen molar-refractivity contribution in [3.63, 3.8) is 0 Å². The van der Waals surface area contributed by atoms with E-state index in [2.05, 4.69) is 5.32 Å². The van der Waals surface area contributed by atoms with E-state index >= 15 is 0 Å². The maximum atomic E-state index is 10.6. The highest BCUT2D eigenvalue weighted by Gasteiger charge is 2.31. The zero-order valence-corrected chi connectivity index (χ0v) is 8.20. The normalized spacial score (nSPS) is 18.7. The summed E-state index contributed by atoms with van der Waals surface area (Å²) in [6.45, 7) is 0.377. The highest BCUT2D eigenvalue weighted by molar-refractivity contribution is 5.77. The lowest BCUT2D eigenvalue weighted by Crippen LogP contribution is -2.53. The van der Waals surface area contributed by atoms with Gasteiger partial charge in [0.05, 0.1) is 6.61 Å². The van der Waals surface area contributed by atoms with Gasteiger partial charge in [0, 0.05) is 6.92 Å². The highest BCUT2D eigenvalue weighted by atomic mass is 16.5. The van der Waals surface area contributed by atoms with E-state index in [0.29, 0.717) is 0 Å². The summed E-state index contributed by atoms with van der Waals surface area (Å²) in [5, 5.41) is 38.2. The van der Waals surface area contributed by atoms with Crippen LogP contribution in [0.1, 0.15) is 6.92 Å². The fourth-order valence-corrected chi connectivity index (χ4v) is 0.983. The van der Waals surface area contributed by atoms with Crippen molar-refractivity contribution in [3.05, 3.63) is 0 Å². The number of carbonyl (C=O) groups excluding carboxylic acids is 2. The Labute approximate surface area is 86.3 Å². The van der Waals surface area contributed by atoms with Crippen LogP contribution in [0, 0.1) is 0 Å². The fraction of sp³-hybridized carbons (Fsp3) is 0.750. The Kier molecular flexibility index (Phi) is 6.02. The SMILES string of the molecule is CC(=O)N[13C@@H]([13CH]=O)[13C@H](O)[13C@@H](O)[13C@H](O)[13CH2]O. The van der Waals surface area contributed by atoms with E-state index in [1.165, 1.54) is 0 Å². The fourth-order valence-electron chi connectivity index (χ4n) is 0.983. The zero-order valence-electron chi connectivity index (χ0n) is 8.20. The summed E-state index contributed by atoms with van der Waals surface area (Å²) in [6, 6.07) is -1.32. The lowest BCUT2D eigenvalue weighted by molar-refractivity contribution is -0.129. The summed E-state index contributed by atoms with van der Waals surface area (Å²) >= 11 is 0. The van der Waals surface area contributed by atoms with Gasteiger partial charge in [-0.1, -0.05) is 0 Å². The summed E-state index contributed by atoms with van der Waals surface area (Å²) < 4.78 is 0. The summed E-state index contributed by atoms with van der Waals surface area (Å²) in [5.74, 6) is -0.558. The first kappa shape index (κ1) is 14.0. The number of rotatable bonds is 6. The van der Waals surface area contributed by atoms with Crippen LogP contribution in [-0.4, -0.2) is 63.6 Å². The third-order valence-corrected chi connectivity index (χ3v) is 1.82. The van der Waals surface area contributed by atoms with Crippen LogP contribution < -0.4 is 5.32 Å². The first-order chi connectivity index (χ1) is 6.93. The number of nitrogens with one attached hydrogen (secondary N) is 1. The molecule has 0 aromatic carbocycles. The lowest BCUT2D eigenvalue weighted by atomic mass is 10.7. The molecule has 0 radical (unpaired) electrons. The van der Waals surface area contributed by atoms with Gasteiger partial charge in [-0.2, -0.15) is 0 Å². The third-order valence-electron chi connectivity index (χ3n) is 1.82.